The van der Waals surface area contributed by atoms with Gasteiger partial charge >= 0.3 is 0 Å². The van der Waals surface area contributed by atoms with Crippen LogP contribution in [0.4, 0.5) is 5.82 Å². The summed E-state index contributed by atoms with van der Waals surface area (Å²) in [6, 6.07) is 19.7. The summed E-state index contributed by atoms with van der Waals surface area (Å²) in [4.78, 5) is 15.1. The Morgan fingerprint density at radius 2 is 1.83 bits per heavy atom. The molecule has 1 aromatic heterocycles. The van der Waals surface area contributed by atoms with Gasteiger partial charge in [-0.05, 0) is 42.7 Å². The molecule has 30 heavy (non-hydrogen) atoms. The van der Waals surface area contributed by atoms with Crippen LogP contribution in [0.5, 0.6) is 0 Å². The molecular weight excluding hydrogens is 376 g/mol. The molecule has 0 bridgehead atoms. The van der Waals surface area contributed by atoms with Gasteiger partial charge in [0.25, 0.3) is 5.91 Å². The lowest BCUT2D eigenvalue weighted by Crippen LogP contribution is -2.44. The second-order valence-electron chi connectivity index (χ2n) is 7.52. The molecule has 0 atom stereocenters. The minimum Gasteiger partial charge on any atom is -0.382 e. The average Bonchev–Trinajstić information content (AvgIpc) is 3.16. The van der Waals surface area contributed by atoms with E-state index in [-0.39, 0.29) is 17.8 Å². The molecule has 7 heteroatoms. The SMILES string of the molecule is N#Cc1cnn(-c2ccc(C(=O)NC3CCN(Cc4ccccc4)CC3)cc2)c1N. The first-order valence-corrected chi connectivity index (χ1v) is 10.0. The Kier molecular flexibility index (Phi) is 5.77. The van der Waals surface area contributed by atoms with Gasteiger partial charge < -0.3 is 11.1 Å². The molecule has 1 aliphatic heterocycles. The van der Waals surface area contributed by atoms with Crippen molar-refractivity contribution >= 4 is 11.7 Å². The zero-order valence-electron chi connectivity index (χ0n) is 16.7. The monoisotopic (exact) mass is 400 g/mol. The molecular formula is C23H24N6O. The molecule has 1 saturated heterocycles. The number of piperidine rings is 1. The second-order valence-corrected chi connectivity index (χ2v) is 7.52. The molecule has 4 rings (SSSR count). The fourth-order valence-corrected chi connectivity index (χ4v) is 3.75. The van der Waals surface area contributed by atoms with Crippen LogP contribution in [0.25, 0.3) is 5.69 Å². The van der Waals surface area contributed by atoms with Gasteiger partial charge in [-0.2, -0.15) is 10.4 Å². The van der Waals surface area contributed by atoms with Crippen molar-refractivity contribution in [1.82, 2.24) is 20.0 Å². The van der Waals surface area contributed by atoms with Gasteiger partial charge in [0.2, 0.25) is 0 Å². The van der Waals surface area contributed by atoms with Crippen molar-refractivity contribution in [1.29, 1.82) is 5.26 Å². The Morgan fingerprint density at radius 1 is 1.13 bits per heavy atom. The molecule has 0 unspecified atom stereocenters. The quantitative estimate of drug-likeness (QED) is 0.686. The number of carbonyl (C=O) groups is 1. The smallest absolute Gasteiger partial charge is 0.251 e. The van der Waals surface area contributed by atoms with Crippen molar-refractivity contribution in [2.45, 2.75) is 25.4 Å². The summed E-state index contributed by atoms with van der Waals surface area (Å²) in [5.41, 5.74) is 8.87. The number of hydrogen-bond donors (Lipinski definition) is 2. The molecule has 3 aromatic rings. The van der Waals surface area contributed by atoms with E-state index in [9.17, 15) is 4.79 Å². The molecule has 7 nitrogen and oxygen atoms in total. The molecule has 2 aromatic carbocycles. The summed E-state index contributed by atoms with van der Waals surface area (Å²) in [7, 11) is 0. The molecule has 0 saturated carbocycles. The Hall–Kier alpha value is -3.63. The third-order valence-corrected chi connectivity index (χ3v) is 5.47. The number of likely N-dealkylation sites (tertiary alicyclic amines) is 1. The molecule has 1 fully saturated rings. The fraction of sp³-hybridized carbons (Fsp3) is 0.261. The number of nitrogens with zero attached hydrogens (tertiary/aromatic N) is 4. The van der Waals surface area contributed by atoms with Crippen LogP contribution >= 0.6 is 0 Å². The van der Waals surface area contributed by atoms with Gasteiger partial charge in [0.1, 0.15) is 17.5 Å². The predicted octanol–water partition coefficient (Wildman–Crippen LogP) is 2.72. The first-order valence-electron chi connectivity index (χ1n) is 10.0. The second kappa shape index (κ2) is 8.80. The van der Waals surface area contributed by atoms with E-state index in [0.29, 0.717) is 16.8 Å². The molecule has 1 amide bonds. The van der Waals surface area contributed by atoms with Crippen molar-refractivity contribution in [3.63, 3.8) is 0 Å². The average molecular weight is 400 g/mol. The van der Waals surface area contributed by atoms with Crippen molar-refractivity contribution in [3.05, 3.63) is 77.5 Å². The fourth-order valence-electron chi connectivity index (χ4n) is 3.75. The van der Waals surface area contributed by atoms with Crippen molar-refractivity contribution < 1.29 is 4.79 Å². The van der Waals surface area contributed by atoms with Crippen molar-refractivity contribution in [3.8, 4) is 11.8 Å². The summed E-state index contributed by atoms with van der Waals surface area (Å²) in [6.45, 7) is 2.89. The molecule has 2 heterocycles. The normalized spacial score (nSPS) is 14.9. The van der Waals surface area contributed by atoms with Gasteiger partial charge in [-0.15, -0.1) is 0 Å². The number of anilines is 1. The number of benzene rings is 2. The standard InChI is InChI=1S/C23H24N6O/c24-14-19-15-26-29(22(19)25)21-8-6-18(7-9-21)23(30)27-20-10-12-28(13-11-20)16-17-4-2-1-3-5-17/h1-9,15,20H,10-13,16,25H2,(H,27,30). The zero-order chi connectivity index (χ0) is 20.9. The summed E-state index contributed by atoms with van der Waals surface area (Å²) < 4.78 is 1.49. The number of amides is 1. The molecule has 3 N–H and O–H groups in total. The van der Waals surface area contributed by atoms with Gasteiger partial charge in [-0.3, -0.25) is 9.69 Å². The van der Waals surface area contributed by atoms with Crippen LogP contribution < -0.4 is 11.1 Å². The Balaban J connectivity index is 1.31. The lowest BCUT2D eigenvalue weighted by molar-refractivity contribution is 0.0909. The van der Waals surface area contributed by atoms with Crippen LogP contribution in [0.1, 0.15) is 34.3 Å². The van der Waals surface area contributed by atoms with Gasteiger partial charge in [0, 0.05) is 31.2 Å². The summed E-state index contributed by atoms with van der Waals surface area (Å²) in [6.07, 6.45) is 3.31. The number of aromatic nitrogens is 2. The van der Waals surface area contributed by atoms with Gasteiger partial charge in [0.15, 0.2) is 0 Å². The third-order valence-electron chi connectivity index (χ3n) is 5.47. The van der Waals surface area contributed by atoms with Crippen molar-refractivity contribution in [2.24, 2.45) is 0 Å². The topological polar surface area (TPSA) is 100.0 Å². The van der Waals surface area contributed by atoms with Crippen LogP contribution in [0.3, 0.4) is 0 Å². The van der Waals surface area contributed by atoms with E-state index in [0.717, 1.165) is 32.5 Å². The molecule has 1 aliphatic rings. The van der Waals surface area contributed by atoms with E-state index in [1.54, 1.807) is 24.3 Å². The van der Waals surface area contributed by atoms with Gasteiger partial charge in [-0.1, -0.05) is 30.3 Å². The third kappa shape index (κ3) is 4.34. The lowest BCUT2D eigenvalue weighted by atomic mass is 10.0. The highest BCUT2D eigenvalue weighted by atomic mass is 16.1. The zero-order valence-corrected chi connectivity index (χ0v) is 16.7. The number of nitrogens with two attached hydrogens (primary N) is 1. The Morgan fingerprint density at radius 3 is 2.47 bits per heavy atom. The highest BCUT2D eigenvalue weighted by Gasteiger charge is 2.21. The molecule has 0 aliphatic carbocycles. The maximum absolute atomic E-state index is 12.6. The van der Waals surface area contributed by atoms with Crippen LogP contribution in [0, 0.1) is 11.3 Å². The Labute approximate surface area is 175 Å². The number of hydrogen-bond acceptors (Lipinski definition) is 5. The van der Waals surface area contributed by atoms with Crippen molar-refractivity contribution in [2.75, 3.05) is 18.8 Å². The Bertz CT molecular complexity index is 1040. The first-order chi connectivity index (χ1) is 14.6. The van der Waals surface area contributed by atoms with Crippen LogP contribution in [-0.4, -0.2) is 39.7 Å². The molecule has 0 spiro atoms. The highest BCUT2D eigenvalue weighted by molar-refractivity contribution is 5.94. The van der Waals surface area contributed by atoms with Crippen LogP contribution in [-0.2, 0) is 6.54 Å². The number of rotatable bonds is 5. The van der Waals surface area contributed by atoms with E-state index in [1.807, 2.05) is 12.1 Å². The number of carbonyl (C=O) groups excluding carboxylic acids is 1. The first kappa shape index (κ1) is 19.7. The predicted molar refractivity (Wildman–Crippen MR) is 115 cm³/mol. The minimum atomic E-state index is -0.0748. The lowest BCUT2D eigenvalue weighted by Gasteiger charge is -2.32. The summed E-state index contributed by atoms with van der Waals surface area (Å²) in [5, 5.41) is 16.3. The van der Waals surface area contributed by atoms with E-state index >= 15 is 0 Å². The minimum absolute atomic E-state index is 0.0748. The molecule has 152 valence electrons. The molecule has 0 radical (unpaired) electrons. The van der Waals surface area contributed by atoms with E-state index in [2.05, 4.69) is 39.6 Å². The maximum atomic E-state index is 12.6. The maximum Gasteiger partial charge on any atom is 0.251 e. The van der Waals surface area contributed by atoms with Gasteiger partial charge in [-0.25, -0.2) is 4.68 Å². The highest BCUT2D eigenvalue weighted by Crippen LogP contribution is 2.18. The van der Waals surface area contributed by atoms with Gasteiger partial charge in [0.05, 0.1) is 11.9 Å². The summed E-state index contributed by atoms with van der Waals surface area (Å²) >= 11 is 0. The largest absolute Gasteiger partial charge is 0.382 e. The number of nitrogen functional groups attached to an aromatic ring is 1. The summed E-state index contributed by atoms with van der Waals surface area (Å²) in [5.74, 6) is 0.214. The van der Waals surface area contributed by atoms with E-state index < -0.39 is 0 Å². The van der Waals surface area contributed by atoms with E-state index in [1.165, 1.54) is 16.4 Å². The van der Waals surface area contributed by atoms with Crippen LogP contribution in [0.2, 0.25) is 0 Å². The number of nitrogens with one attached hydrogen (secondary N) is 1. The van der Waals surface area contributed by atoms with E-state index in [4.69, 9.17) is 11.0 Å². The number of nitriles is 1. The van der Waals surface area contributed by atoms with Crippen LogP contribution in [0.15, 0.2) is 60.8 Å².